The Bertz CT molecular complexity index is 2470. The van der Waals surface area contributed by atoms with Crippen LogP contribution >= 0.6 is 0 Å². The van der Waals surface area contributed by atoms with Crippen molar-refractivity contribution in [3.63, 3.8) is 0 Å². The van der Waals surface area contributed by atoms with Crippen LogP contribution in [0.5, 0.6) is 11.8 Å². The number of rotatable bonds is 4. The van der Waals surface area contributed by atoms with Crippen molar-refractivity contribution in [2.24, 2.45) is 0 Å². The Hall–Kier alpha value is -6.06. The standard InChI is InChI=1S/2C21H17F3N2O3/c2*1-28-19(27)14-11-26(15-6-3-2-5-12(14)15)16-9-17(21(22,23)24)25-18-13(16)10-20(29-18)7-4-8-20/h2*2-3,5-6,9,11H,4,7-8,10H2,1H3. The van der Waals surface area contributed by atoms with Gasteiger partial charge in [-0.2, -0.15) is 26.3 Å². The molecule has 0 bridgehead atoms. The molecular formula is C42H34F6N4O6. The first-order valence-electron chi connectivity index (χ1n) is 18.6. The van der Waals surface area contributed by atoms with E-state index in [1.807, 2.05) is 0 Å². The molecule has 2 spiro atoms. The number of nitrogens with zero attached hydrogens (tertiary/aromatic N) is 4. The average molecular weight is 805 g/mol. The highest BCUT2D eigenvalue weighted by Gasteiger charge is 2.49. The van der Waals surface area contributed by atoms with E-state index >= 15 is 0 Å². The van der Waals surface area contributed by atoms with Crippen LogP contribution in [0.15, 0.2) is 73.1 Å². The van der Waals surface area contributed by atoms with Gasteiger partial charge in [0.2, 0.25) is 11.8 Å². The maximum absolute atomic E-state index is 13.5. The summed E-state index contributed by atoms with van der Waals surface area (Å²) in [6.07, 6.45) is -0.0280. The van der Waals surface area contributed by atoms with Gasteiger partial charge < -0.3 is 28.1 Å². The fraction of sp³-hybridized carbons (Fsp3) is 0.333. The van der Waals surface area contributed by atoms with Crippen molar-refractivity contribution in [3.05, 3.63) is 107 Å². The summed E-state index contributed by atoms with van der Waals surface area (Å²) in [7, 11) is 2.54. The number of halogens is 6. The molecule has 6 aromatic rings. The van der Waals surface area contributed by atoms with E-state index in [4.69, 9.17) is 18.9 Å². The average Bonchev–Trinajstić information content (AvgIpc) is 3.96. The van der Waals surface area contributed by atoms with E-state index in [0.29, 0.717) is 68.3 Å². The lowest BCUT2D eigenvalue weighted by molar-refractivity contribution is -0.142. The van der Waals surface area contributed by atoms with E-state index in [9.17, 15) is 35.9 Å². The third-order valence-electron chi connectivity index (χ3n) is 11.6. The normalized spacial score (nSPS) is 17.1. The van der Waals surface area contributed by atoms with Gasteiger partial charge in [0.15, 0.2) is 11.4 Å². The molecule has 10 rings (SSSR count). The van der Waals surface area contributed by atoms with Crippen LogP contribution in [-0.2, 0) is 34.7 Å². The summed E-state index contributed by atoms with van der Waals surface area (Å²) in [5.74, 6) is -1.03. The lowest BCUT2D eigenvalue weighted by Gasteiger charge is -2.36. The number of fused-ring (bicyclic) bond motifs is 4. The molecule has 0 N–H and O–H groups in total. The highest BCUT2D eigenvalue weighted by Crippen LogP contribution is 2.50. The third kappa shape index (κ3) is 6.11. The number of hydrogen-bond acceptors (Lipinski definition) is 8. The number of alkyl halides is 6. The highest BCUT2D eigenvalue weighted by molar-refractivity contribution is 6.05. The van der Waals surface area contributed by atoms with Gasteiger partial charge in [0, 0.05) is 47.1 Å². The monoisotopic (exact) mass is 804 g/mol. The maximum atomic E-state index is 13.5. The predicted molar refractivity (Wildman–Crippen MR) is 197 cm³/mol. The molecule has 0 radical (unpaired) electrons. The number of carbonyl (C=O) groups is 2. The number of esters is 2. The molecule has 4 aromatic heterocycles. The Labute approximate surface area is 326 Å². The van der Waals surface area contributed by atoms with Crippen molar-refractivity contribution in [2.75, 3.05) is 14.2 Å². The van der Waals surface area contributed by atoms with Gasteiger partial charge in [-0.15, -0.1) is 0 Å². The molecule has 10 nitrogen and oxygen atoms in total. The largest absolute Gasteiger partial charge is 0.470 e. The summed E-state index contributed by atoms with van der Waals surface area (Å²) in [6, 6.07) is 16.2. The number of methoxy groups -OCH3 is 2. The summed E-state index contributed by atoms with van der Waals surface area (Å²) in [4.78, 5) is 32.0. The van der Waals surface area contributed by atoms with Crippen molar-refractivity contribution < 1.29 is 54.9 Å². The molecule has 6 heterocycles. The molecule has 0 amide bonds. The molecule has 2 fully saturated rings. The topological polar surface area (TPSA) is 107 Å². The number of ether oxygens (including phenoxy) is 4. The molecule has 2 aliphatic heterocycles. The Morgan fingerprint density at radius 1 is 0.638 bits per heavy atom. The number of para-hydroxylation sites is 2. The predicted octanol–water partition coefficient (Wildman–Crippen LogP) is 9.38. The molecule has 0 atom stereocenters. The number of carbonyl (C=O) groups excluding carboxylic acids is 2. The van der Waals surface area contributed by atoms with Crippen LogP contribution in [-0.4, -0.2) is 56.5 Å². The van der Waals surface area contributed by atoms with Gasteiger partial charge in [-0.1, -0.05) is 36.4 Å². The van der Waals surface area contributed by atoms with Crippen molar-refractivity contribution in [1.29, 1.82) is 0 Å². The van der Waals surface area contributed by atoms with Crippen LogP contribution < -0.4 is 9.47 Å². The molecule has 300 valence electrons. The first-order chi connectivity index (χ1) is 27.6. The van der Waals surface area contributed by atoms with Gasteiger partial charge in [-0.3, -0.25) is 0 Å². The van der Waals surface area contributed by atoms with Crippen molar-refractivity contribution in [3.8, 4) is 23.1 Å². The van der Waals surface area contributed by atoms with Crippen molar-refractivity contribution in [2.45, 2.75) is 74.9 Å². The first-order valence-corrected chi connectivity index (χ1v) is 18.6. The van der Waals surface area contributed by atoms with Gasteiger partial charge >= 0.3 is 24.3 Å². The molecule has 0 saturated heterocycles. The molecule has 2 aromatic carbocycles. The zero-order valence-electron chi connectivity index (χ0n) is 31.1. The molecule has 2 saturated carbocycles. The Kier molecular flexibility index (Phi) is 8.57. The molecular weight excluding hydrogens is 770 g/mol. The summed E-state index contributed by atoms with van der Waals surface area (Å²) in [6.45, 7) is 0. The second-order valence-electron chi connectivity index (χ2n) is 15.1. The Morgan fingerprint density at radius 2 is 1.02 bits per heavy atom. The summed E-state index contributed by atoms with van der Waals surface area (Å²) in [5, 5.41) is 1.21. The lowest BCUT2D eigenvalue weighted by atomic mass is 9.77. The van der Waals surface area contributed by atoms with Gasteiger partial charge in [0.1, 0.15) is 11.2 Å². The van der Waals surface area contributed by atoms with E-state index in [2.05, 4.69) is 9.97 Å². The minimum atomic E-state index is -4.61. The van der Waals surface area contributed by atoms with Crippen LogP contribution in [0.4, 0.5) is 26.3 Å². The lowest BCUT2D eigenvalue weighted by Crippen LogP contribution is -2.41. The van der Waals surface area contributed by atoms with Crippen LogP contribution in [0.1, 0.15) is 81.8 Å². The van der Waals surface area contributed by atoms with Gasteiger partial charge in [0.05, 0.1) is 47.8 Å². The van der Waals surface area contributed by atoms with E-state index in [-0.39, 0.29) is 11.8 Å². The van der Waals surface area contributed by atoms with Crippen molar-refractivity contribution in [1.82, 2.24) is 19.1 Å². The van der Waals surface area contributed by atoms with E-state index in [1.54, 1.807) is 57.7 Å². The Morgan fingerprint density at radius 3 is 1.34 bits per heavy atom. The van der Waals surface area contributed by atoms with E-state index in [0.717, 1.165) is 50.7 Å². The molecule has 2 aliphatic carbocycles. The first kappa shape index (κ1) is 37.5. The molecule has 0 unspecified atom stereocenters. The number of pyridine rings is 2. The highest BCUT2D eigenvalue weighted by atomic mass is 19.4. The summed E-state index contributed by atoms with van der Waals surface area (Å²) in [5.41, 5.74) is 0.803. The van der Waals surface area contributed by atoms with Gasteiger partial charge in [-0.25, -0.2) is 19.6 Å². The number of benzene rings is 2. The smallest absolute Gasteiger partial charge is 0.433 e. The maximum Gasteiger partial charge on any atom is 0.433 e. The van der Waals surface area contributed by atoms with E-state index < -0.39 is 46.9 Å². The van der Waals surface area contributed by atoms with Crippen molar-refractivity contribution >= 4 is 33.7 Å². The third-order valence-corrected chi connectivity index (χ3v) is 11.6. The zero-order valence-corrected chi connectivity index (χ0v) is 31.1. The fourth-order valence-electron chi connectivity index (χ4n) is 8.42. The quantitative estimate of drug-likeness (QED) is 0.128. The molecule has 4 aliphatic rings. The minimum Gasteiger partial charge on any atom is -0.470 e. The van der Waals surface area contributed by atoms with Gasteiger partial charge in [0.25, 0.3) is 0 Å². The number of hydrogen-bond donors (Lipinski definition) is 0. The van der Waals surface area contributed by atoms with E-state index in [1.165, 1.54) is 26.6 Å². The Balaban J connectivity index is 0.000000150. The summed E-state index contributed by atoms with van der Waals surface area (Å²) < 4.78 is 106. The second-order valence-corrected chi connectivity index (χ2v) is 15.1. The van der Waals surface area contributed by atoms with Crippen LogP contribution in [0.3, 0.4) is 0 Å². The van der Waals surface area contributed by atoms with Crippen LogP contribution in [0.25, 0.3) is 33.2 Å². The van der Waals surface area contributed by atoms with Crippen LogP contribution in [0.2, 0.25) is 0 Å². The SMILES string of the molecule is COC(=O)c1cn(-c2cc(C(F)(F)F)nc3c2CC2(CCC2)O3)c2ccccc12.COC(=O)c1cn(-c2cc(C(F)(F)F)nc3c2CC2(CCC2)O3)c2ccccc12. The second kappa shape index (κ2) is 13.2. The zero-order chi connectivity index (χ0) is 40.8. The minimum absolute atomic E-state index is 0.0342. The van der Waals surface area contributed by atoms with Crippen LogP contribution in [0, 0.1) is 0 Å². The van der Waals surface area contributed by atoms with Gasteiger partial charge in [-0.05, 0) is 62.8 Å². The number of aromatic nitrogens is 4. The fourth-order valence-corrected chi connectivity index (χ4v) is 8.42. The molecule has 58 heavy (non-hydrogen) atoms. The summed E-state index contributed by atoms with van der Waals surface area (Å²) >= 11 is 0. The molecule has 16 heteroatoms.